The van der Waals surface area contributed by atoms with E-state index in [1.54, 1.807) is 12.3 Å². The summed E-state index contributed by atoms with van der Waals surface area (Å²) in [6.07, 6.45) is 1.73. The summed E-state index contributed by atoms with van der Waals surface area (Å²) in [4.78, 5) is 14.2. The van der Waals surface area contributed by atoms with Crippen LogP contribution in [-0.2, 0) is 4.74 Å². The average molecular weight is 210 g/mol. The van der Waals surface area contributed by atoms with E-state index in [1.165, 1.54) is 7.11 Å². The van der Waals surface area contributed by atoms with Crippen molar-refractivity contribution in [3.63, 3.8) is 0 Å². The highest BCUT2D eigenvalue weighted by Crippen LogP contribution is 2.26. The number of carbonyl (C=O) groups excluding carboxylic acids is 1. The SMILES string of the molecule is COC(=O)c1[nH]cc2cccc(Cl)c12. The topological polar surface area (TPSA) is 42.1 Å². The van der Waals surface area contributed by atoms with Crippen LogP contribution >= 0.6 is 11.6 Å². The molecule has 0 fully saturated rings. The van der Waals surface area contributed by atoms with Gasteiger partial charge >= 0.3 is 5.97 Å². The maximum absolute atomic E-state index is 11.3. The Kier molecular flexibility index (Phi) is 2.17. The first-order valence-corrected chi connectivity index (χ1v) is 4.45. The van der Waals surface area contributed by atoms with Gasteiger partial charge in [0.05, 0.1) is 12.1 Å². The molecule has 3 nitrogen and oxygen atoms in total. The maximum atomic E-state index is 11.3. The minimum Gasteiger partial charge on any atom is -0.464 e. The molecule has 0 atom stereocenters. The summed E-state index contributed by atoms with van der Waals surface area (Å²) in [5, 5.41) is 2.16. The summed E-state index contributed by atoms with van der Waals surface area (Å²) >= 11 is 5.98. The highest BCUT2D eigenvalue weighted by molar-refractivity contribution is 6.36. The number of methoxy groups -OCH3 is 1. The third kappa shape index (κ3) is 1.26. The van der Waals surface area contributed by atoms with E-state index < -0.39 is 5.97 Å². The summed E-state index contributed by atoms with van der Waals surface area (Å²) < 4.78 is 4.63. The average Bonchev–Trinajstić information content (AvgIpc) is 2.62. The zero-order chi connectivity index (χ0) is 10.1. The Morgan fingerprint density at radius 1 is 1.50 bits per heavy atom. The Morgan fingerprint density at radius 3 is 3.00 bits per heavy atom. The molecular weight excluding hydrogens is 202 g/mol. The molecule has 0 bridgehead atoms. The molecule has 1 aromatic heterocycles. The molecule has 4 heteroatoms. The van der Waals surface area contributed by atoms with Crippen LogP contribution in [0.1, 0.15) is 10.5 Å². The number of ether oxygens (including phenoxy) is 1. The van der Waals surface area contributed by atoms with Crippen LogP contribution in [0.4, 0.5) is 0 Å². The number of esters is 1. The quantitative estimate of drug-likeness (QED) is 0.734. The number of aromatic amines is 1. The summed E-state index contributed by atoms with van der Waals surface area (Å²) in [6, 6.07) is 5.45. The second kappa shape index (κ2) is 3.35. The second-order valence-corrected chi connectivity index (χ2v) is 3.27. The molecule has 0 aliphatic rings. The van der Waals surface area contributed by atoms with Gasteiger partial charge in [-0.1, -0.05) is 23.7 Å². The second-order valence-electron chi connectivity index (χ2n) is 2.86. The molecule has 2 rings (SSSR count). The molecule has 0 amide bonds. The number of nitrogens with one attached hydrogen (secondary N) is 1. The molecule has 0 saturated heterocycles. The predicted molar refractivity (Wildman–Crippen MR) is 54.6 cm³/mol. The van der Waals surface area contributed by atoms with Crippen molar-refractivity contribution in [2.75, 3.05) is 7.11 Å². The van der Waals surface area contributed by atoms with Crippen LogP contribution in [0.15, 0.2) is 24.4 Å². The van der Waals surface area contributed by atoms with Gasteiger partial charge in [0.1, 0.15) is 5.69 Å². The van der Waals surface area contributed by atoms with Gasteiger partial charge in [0, 0.05) is 17.0 Å². The van der Waals surface area contributed by atoms with Crippen LogP contribution in [0.25, 0.3) is 10.8 Å². The number of carbonyl (C=O) groups is 1. The number of hydrogen-bond acceptors (Lipinski definition) is 2. The molecule has 0 radical (unpaired) electrons. The molecule has 0 aliphatic carbocycles. The smallest absolute Gasteiger partial charge is 0.355 e. The summed E-state index contributed by atoms with van der Waals surface area (Å²) in [5.41, 5.74) is 0.396. The normalized spacial score (nSPS) is 10.4. The molecule has 1 heterocycles. The van der Waals surface area contributed by atoms with E-state index in [9.17, 15) is 4.79 Å². The Labute approximate surface area is 85.6 Å². The maximum Gasteiger partial charge on any atom is 0.355 e. The fourth-order valence-corrected chi connectivity index (χ4v) is 1.69. The third-order valence-corrected chi connectivity index (χ3v) is 2.37. The molecule has 0 unspecified atom stereocenters. The Morgan fingerprint density at radius 2 is 2.29 bits per heavy atom. The first-order valence-electron chi connectivity index (χ1n) is 4.08. The van der Waals surface area contributed by atoms with Crippen molar-refractivity contribution >= 4 is 28.3 Å². The first-order chi connectivity index (χ1) is 6.74. The Hall–Kier alpha value is -1.48. The minimum absolute atomic E-state index is 0.396. The molecule has 72 valence electrons. The molecule has 1 N–H and O–H groups in total. The molecule has 0 saturated carbocycles. The molecule has 14 heavy (non-hydrogen) atoms. The van der Waals surface area contributed by atoms with Crippen molar-refractivity contribution in [1.82, 2.24) is 4.98 Å². The van der Waals surface area contributed by atoms with Crippen molar-refractivity contribution in [1.29, 1.82) is 0 Å². The fraction of sp³-hybridized carbons (Fsp3) is 0.100. The van der Waals surface area contributed by atoms with Crippen LogP contribution in [-0.4, -0.2) is 18.1 Å². The zero-order valence-electron chi connectivity index (χ0n) is 7.50. The van der Waals surface area contributed by atoms with Crippen LogP contribution in [0.5, 0.6) is 0 Å². The zero-order valence-corrected chi connectivity index (χ0v) is 8.26. The molecule has 0 aliphatic heterocycles. The minimum atomic E-state index is -0.409. The number of H-pyrrole nitrogens is 1. The van der Waals surface area contributed by atoms with Crippen molar-refractivity contribution in [3.05, 3.63) is 35.1 Å². The number of benzene rings is 1. The van der Waals surface area contributed by atoms with Gasteiger partial charge in [-0.25, -0.2) is 4.79 Å². The van der Waals surface area contributed by atoms with Gasteiger partial charge in [0.25, 0.3) is 0 Å². The predicted octanol–water partition coefficient (Wildman–Crippen LogP) is 2.61. The summed E-state index contributed by atoms with van der Waals surface area (Å²) in [7, 11) is 1.34. The molecule has 2 aromatic rings. The monoisotopic (exact) mass is 209 g/mol. The van der Waals surface area contributed by atoms with Crippen LogP contribution < -0.4 is 0 Å². The number of fused-ring (bicyclic) bond motifs is 1. The lowest BCUT2D eigenvalue weighted by atomic mass is 10.2. The van der Waals surface area contributed by atoms with E-state index in [4.69, 9.17) is 11.6 Å². The van der Waals surface area contributed by atoms with Gasteiger partial charge < -0.3 is 9.72 Å². The first kappa shape index (κ1) is 9.09. The van der Waals surface area contributed by atoms with Gasteiger partial charge in [-0.2, -0.15) is 0 Å². The largest absolute Gasteiger partial charge is 0.464 e. The van der Waals surface area contributed by atoms with E-state index in [0.29, 0.717) is 16.1 Å². The Bertz CT molecular complexity index is 490. The number of hydrogen-bond donors (Lipinski definition) is 1. The summed E-state index contributed by atoms with van der Waals surface area (Å²) in [5.74, 6) is -0.409. The fourth-order valence-electron chi connectivity index (χ4n) is 1.41. The van der Waals surface area contributed by atoms with E-state index in [2.05, 4.69) is 9.72 Å². The number of aromatic nitrogens is 1. The van der Waals surface area contributed by atoms with E-state index in [-0.39, 0.29) is 0 Å². The van der Waals surface area contributed by atoms with E-state index in [1.807, 2.05) is 12.1 Å². The lowest BCUT2D eigenvalue weighted by molar-refractivity contribution is 0.0597. The molecular formula is C10H8ClNO2. The lowest BCUT2D eigenvalue weighted by Gasteiger charge is -1.98. The van der Waals surface area contributed by atoms with Gasteiger partial charge in [-0.3, -0.25) is 0 Å². The highest BCUT2D eigenvalue weighted by Gasteiger charge is 2.14. The van der Waals surface area contributed by atoms with E-state index in [0.717, 1.165) is 5.39 Å². The Balaban J connectivity index is 2.73. The van der Waals surface area contributed by atoms with Gasteiger partial charge in [0.2, 0.25) is 0 Å². The van der Waals surface area contributed by atoms with Crippen LogP contribution in [0, 0.1) is 0 Å². The van der Waals surface area contributed by atoms with Crippen molar-refractivity contribution in [3.8, 4) is 0 Å². The van der Waals surface area contributed by atoms with Crippen LogP contribution in [0.3, 0.4) is 0 Å². The van der Waals surface area contributed by atoms with Crippen molar-refractivity contribution < 1.29 is 9.53 Å². The number of rotatable bonds is 1. The highest BCUT2D eigenvalue weighted by atomic mass is 35.5. The van der Waals surface area contributed by atoms with Gasteiger partial charge in [0.15, 0.2) is 0 Å². The van der Waals surface area contributed by atoms with Crippen molar-refractivity contribution in [2.45, 2.75) is 0 Å². The van der Waals surface area contributed by atoms with E-state index >= 15 is 0 Å². The van der Waals surface area contributed by atoms with Crippen LogP contribution in [0.2, 0.25) is 5.02 Å². The van der Waals surface area contributed by atoms with Gasteiger partial charge in [-0.15, -0.1) is 0 Å². The van der Waals surface area contributed by atoms with Gasteiger partial charge in [-0.05, 0) is 6.07 Å². The summed E-state index contributed by atoms with van der Waals surface area (Å²) in [6.45, 7) is 0. The molecule has 1 aromatic carbocycles. The lowest BCUT2D eigenvalue weighted by Crippen LogP contribution is -2.01. The molecule has 0 spiro atoms. The third-order valence-electron chi connectivity index (χ3n) is 2.06. The van der Waals surface area contributed by atoms with Crippen molar-refractivity contribution in [2.24, 2.45) is 0 Å². The number of halogens is 1. The standard InChI is InChI=1S/C10H8ClNO2/c1-14-10(13)9-8-6(5-12-9)3-2-4-7(8)11/h2-5,12H,1H3.